The maximum absolute atomic E-state index is 13.1. The summed E-state index contributed by atoms with van der Waals surface area (Å²) in [5.74, 6) is -1.68. The summed E-state index contributed by atoms with van der Waals surface area (Å²) in [6, 6.07) is 4.28. The fraction of sp³-hybridized carbons (Fsp3) is 0.500. The number of nitrogens with zero attached hydrogens (tertiary/aromatic N) is 3. The van der Waals surface area contributed by atoms with Gasteiger partial charge in [0.15, 0.2) is 0 Å². The number of sulfonamides is 1. The van der Waals surface area contributed by atoms with E-state index in [1.165, 1.54) is 25.6 Å². The minimum Gasteiger partial charge on any atom is -0.481 e. The van der Waals surface area contributed by atoms with Crippen LogP contribution in [0.1, 0.15) is 19.8 Å². The summed E-state index contributed by atoms with van der Waals surface area (Å²) in [6.07, 6.45) is 0.969. The van der Waals surface area contributed by atoms with E-state index in [4.69, 9.17) is 0 Å². The summed E-state index contributed by atoms with van der Waals surface area (Å²) in [5, 5.41) is 9.23. The molecule has 1 N–H and O–H groups in total. The van der Waals surface area contributed by atoms with E-state index >= 15 is 0 Å². The Kier molecular flexibility index (Phi) is 4.24. The van der Waals surface area contributed by atoms with Gasteiger partial charge in [-0.1, -0.05) is 0 Å². The monoisotopic (exact) mass is 367 g/mol. The van der Waals surface area contributed by atoms with Crippen LogP contribution in [-0.2, 0) is 28.9 Å². The molecule has 1 saturated heterocycles. The van der Waals surface area contributed by atoms with Crippen LogP contribution in [0, 0.1) is 5.92 Å². The summed E-state index contributed by atoms with van der Waals surface area (Å²) in [7, 11) is -0.628. The number of piperidine rings is 1. The first-order chi connectivity index (χ1) is 11.6. The normalized spacial score (nSPS) is 22.4. The van der Waals surface area contributed by atoms with Crippen LogP contribution in [0.3, 0.4) is 0 Å². The Bertz CT molecular complexity index is 1000. The highest BCUT2D eigenvalue weighted by Gasteiger charge is 2.37. The van der Waals surface area contributed by atoms with E-state index < -0.39 is 21.9 Å². The summed E-state index contributed by atoms with van der Waals surface area (Å²) < 4.78 is 30.2. The van der Waals surface area contributed by atoms with E-state index in [2.05, 4.69) is 0 Å². The quantitative estimate of drug-likeness (QED) is 0.863. The minimum atomic E-state index is -3.84. The highest BCUT2D eigenvalue weighted by molar-refractivity contribution is 7.89. The van der Waals surface area contributed by atoms with Crippen LogP contribution in [0.25, 0.3) is 11.0 Å². The molecule has 1 fully saturated rings. The first-order valence-electron chi connectivity index (χ1n) is 8.04. The number of aryl methyl sites for hydroxylation is 2. The lowest BCUT2D eigenvalue weighted by molar-refractivity contribution is -0.143. The van der Waals surface area contributed by atoms with Crippen molar-refractivity contribution in [3.05, 3.63) is 28.7 Å². The van der Waals surface area contributed by atoms with Crippen molar-refractivity contribution >= 4 is 27.0 Å². The van der Waals surface area contributed by atoms with Crippen LogP contribution in [-0.4, -0.2) is 45.5 Å². The standard InChI is InChI=1S/C16H21N3O5S/c1-10-4-5-11(15(20)21)9-19(10)25(23,24)12-6-7-13-14(8-12)18(3)16(22)17(13)2/h6-8,10-11H,4-5,9H2,1-3H3,(H,20,21). The molecule has 0 spiro atoms. The van der Waals surface area contributed by atoms with Crippen molar-refractivity contribution < 1.29 is 18.3 Å². The summed E-state index contributed by atoms with van der Waals surface area (Å²) in [6.45, 7) is 1.75. The van der Waals surface area contributed by atoms with Gasteiger partial charge in [0.1, 0.15) is 0 Å². The van der Waals surface area contributed by atoms with Gasteiger partial charge in [-0.3, -0.25) is 13.9 Å². The third-order valence-corrected chi connectivity index (χ3v) is 7.00. The van der Waals surface area contributed by atoms with Crippen LogP contribution in [0.2, 0.25) is 0 Å². The van der Waals surface area contributed by atoms with Crippen molar-refractivity contribution in [3.8, 4) is 0 Å². The Balaban J connectivity index is 2.07. The number of fused-ring (bicyclic) bond motifs is 1. The second-order valence-electron chi connectivity index (χ2n) is 6.59. The molecule has 2 atom stereocenters. The SMILES string of the molecule is CC1CCC(C(=O)O)CN1S(=O)(=O)c1ccc2c(c1)n(C)c(=O)n2C. The molecule has 2 unspecified atom stereocenters. The van der Waals surface area contributed by atoms with Crippen LogP contribution in [0.15, 0.2) is 27.9 Å². The van der Waals surface area contributed by atoms with Crippen molar-refractivity contribution in [1.29, 1.82) is 0 Å². The van der Waals surface area contributed by atoms with Gasteiger partial charge >= 0.3 is 11.7 Å². The van der Waals surface area contributed by atoms with Gasteiger partial charge in [-0.25, -0.2) is 13.2 Å². The number of hydrogen-bond donors (Lipinski definition) is 1. The molecule has 136 valence electrons. The molecule has 0 bridgehead atoms. The van der Waals surface area contributed by atoms with Crippen LogP contribution < -0.4 is 5.69 Å². The summed E-state index contributed by atoms with van der Waals surface area (Å²) in [4.78, 5) is 23.4. The number of carboxylic acids is 1. The van der Waals surface area contributed by atoms with Crippen LogP contribution in [0.4, 0.5) is 0 Å². The van der Waals surface area contributed by atoms with Crippen molar-refractivity contribution in [3.63, 3.8) is 0 Å². The topological polar surface area (TPSA) is 102 Å². The van der Waals surface area contributed by atoms with E-state index in [-0.39, 0.29) is 23.2 Å². The second-order valence-corrected chi connectivity index (χ2v) is 8.48. The van der Waals surface area contributed by atoms with E-state index in [0.29, 0.717) is 23.9 Å². The average molecular weight is 367 g/mol. The molecule has 2 aromatic rings. The van der Waals surface area contributed by atoms with Gasteiger partial charge in [-0.05, 0) is 38.0 Å². The van der Waals surface area contributed by atoms with E-state index in [1.807, 2.05) is 0 Å². The van der Waals surface area contributed by atoms with Gasteiger partial charge in [-0.2, -0.15) is 4.31 Å². The molecule has 1 aliphatic heterocycles. The number of benzene rings is 1. The molecular weight excluding hydrogens is 346 g/mol. The van der Waals surface area contributed by atoms with Crippen LogP contribution >= 0.6 is 0 Å². The lowest BCUT2D eigenvalue weighted by atomic mass is 9.96. The largest absolute Gasteiger partial charge is 0.481 e. The molecule has 1 aromatic carbocycles. The molecule has 9 heteroatoms. The summed E-state index contributed by atoms with van der Waals surface area (Å²) in [5.41, 5.74) is 0.927. The molecule has 25 heavy (non-hydrogen) atoms. The Hall–Kier alpha value is -2.13. The van der Waals surface area contributed by atoms with E-state index in [9.17, 15) is 23.1 Å². The first kappa shape index (κ1) is 17.7. The fourth-order valence-electron chi connectivity index (χ4n) is 3.39. The molecule has 0 aliphatic carbocycles. The highest BCUT2D eigenvalue weighted by Crippen LogP contribution is 2.29. The predicted molar refractivity (Wildman–Crippen MR) is 91.9 cm³/mol. The smallest absolute Gasteiger partial charge is 0.328 e. The average Bonchev–Trinajstić information content (AvgIpc) is 2.79. The number of carbonyl (C=O) groups is 1. The molecule has 1 aromatic heterocycles. The number of rotatable bonds is 3. The van der Waals surface area contributed by atoms with Crippen molar-refractivity contribution in [1.82, 2.24) is 13.4 Å². The zero-order valence-electron chi connectivity index (χ0n) is 14.3. The van der Waals surface area contributed by atoms with Crippen molar-refractivity contribution in [2.75, 3.05) is 6.54 Å². The molecule has 3 rings (SSSR count). The van der Waals surface area contributed by atoms with Crippen LogP contribution in [0.5, 0.6) is 0 Å². The number of imidazole rings is 1. The molecule has 1 aliphatic rings. The Morgan fingerprint density at radius 2 is 1.80 bits per heavy atom. The minimum absolute atomic E-state index is 0.0371. The molecule has 8 nitrogen and oxygen atoms in total. The third kappa shape index (κ3) is 2.77. The Morgan fingerprint density at radius 3 is 2.44 bits per heavy atom. The van der Waals surface area contributed by atoms with Gasteiger partial charge in [0.05, 0.1) is 21.8 Å². The van der Waals surface area contributed by atoms with Gasteiger partial charge in [0.2, 0.25) is 10.0 Å². The highest BCUT2D eigenvalue weighted by atomic mass is 32.2. The van der Waals surface area contributed by atoms with E-state index in [1.54, 1.807) is 27.1 Å². The number of aromatic nitrogens is 2. The van der Waals surface area contributed by atoms with Crippen molar-refractivity contribution in [2.24, 2.45) is 20.0 Å². The van der Waals surface area contributed by atoms with Gasteiger partial charge in [0.25, 0.3) is 0 Å². The van der Waals surface area contributed by atoms with Gasteiger partial charge in [-0.15, -0.1) is 0 Å². The fourth-order valence-corrected chi connectivity index (χ4v) is 5.12. The molecule has 0 radical (unpaired) electrons. The van der Waals surface area contributed by atoms with Gasteiger partial charge in [0, 0.05) is 26.7 Å². The Labute approximate surface area is 145 Å². The zero-order valence-corrected chi connectivity index (χ0v) is 15.2. The maximum atomic E-state index is 13.1. The molecule has 0 amide bonds. The summed E-state index contributed by atoms with van der Waals surface area (Å²) >= 11 is 0. The number of carboxylic acid groups (broad SMARTS) is 1. The molecule has 0 saturated carbocycles. The van der Waals surface area contributed by atoms with E-state index in [0.717, 1.165) is 0 Å². The maximum Gasteiger partial charge on any atom is 0.328 e. The number of hydrogen-bond acceptors (Lipinski definition) is 4. The molecular formula is C16H21N3O5S. The second kappa shape index (κ2) is 5.99. The zero-order chi connectivity index (χ0) is 18.5. The lowest BCUT2D eigenvalue weighted by Crippen LogP contribution is -2.47. The van der Waals surface area contributed by atoms with Gasteiger partial charge < -0.3 is 5.11 Å². The predicted octanol–water partition coefficient (Wildman–Crippen LogP) is 0.751. The Morgan fingerprint density at radius 1 is 1.16 bits per heavy atom. The third-order valence-electron chi connectivity index (χ3n) is 5.02. The molecule has 2 heterocycles. The van der Waals surface area contributed by atoms with Crippen molar-refractivity contribution in [2.45, 2.75) is 30.7 Å². The number of aliphatic carboxylic acids is 1. The first-order valence-corrected chi connectivity index (χ1v) is 9.48. The lowest BCUT2D eigenvalue weighted by Gasteiger charge is -2.35.